The van der Waals surface area contributed by atoms with Gasteiger partial charge in [-0.3, -0.25) is 14.3 Å². The standard InChI is InChI=1S/C16H29N3O4Si/c1-10-8-19(15(21)18-14(10)20)13-7-11(17)12(23-13)9-22-24(5,6)16(2,3)4/h8,11-13H,7,9,17H2,1-6H3,(H,18,20,21)/t11-,12-,13-/m1/s1. The van der Waals surface area contributed by atoms with E-state index in [9.17, 15) is 9.59 Å². The van der Waals surface area contributed by atoms with Gasteiger partial charge in [0.25, 0.3) is 5.56 Å². The maximum Gasteiger partial charge on any atom is 0.330 e. The van der Waals surface area contributed by atoms with E-state index in [4.69, 9.17) is 14.9 Å². The third-order valence-corrected chi connectivity index (χ3v) is 9.65. The van der Waals surface area contributed by atoms with E-state index in [1.165, 1.54) is 10.8 Å². The molecule has 0 saturated carbocycles. The van der Waals surface area contributed by atoms with Crippen LogP contribution in [0.3, 0.4) is 0 Å². The van der Waals surface area contributed by atoms with Crippen LogP contribution in [0, 0.1) is 6.92 Å². The Morgan fingerprint density at radius 3 is 2.62 bits per heavy atom. The molecule has 136 valence electrons. The number of H-pyrrole nitrogens is 1. The summed E-state index contributed by atoms with van der Waals surface area (Å²) in [6, 6.07) is -0.209. The summed E-state index contributed by atoms with van der Waals surface area (Å²) in [7, 11) is -1.88. The average Bonchev–Trinajstić information content (AvgIpc) is 2.80. The molecule has 0 unspecified atom stereocenters. The summed E-state index contributed by atoms with van der Waals surface area (Å²) in [5.74, 6) is 0. The molecule has 0 radical (unpaired) electrons. The molecule has 0 amide bonds. The number of aromatic nitrogens is 2. The van der Waals surface area contributed by atoms with Gasteiger partial charge in [-0.05, 0) is 25.1 Å². The van der Waals surface area contributed by atoms with Crippen LogP contribution in [-0.4, -0.2) is 36.6 Å². The fraction of sp³-hybridized carbons (Fsp3) is 0.750. The van der Waals surface area contributed by atoms with Crippen molar-refractivity contribution in [1.82, 2.24) is 9.55 Å². The molecule has 0 aromatic carbocycles. The lowest BCUT2D eigenvalue weighted by Gasteiger charge is -2.37. The van der Waals surface area contributed by atoms with E-state index in [0.29, 0.717) is 18.6 Å². The van der Waals surface area contributed by atoms with Crippen molar-refractivity contribution in [2.45, 2.75) is 70.6 Å². The first-order valence-electron chi connectivity index (χ1n) is 8.29. The van der Waals surface area contributed by atoms with Crippen molar-refractivity contribution < 1.29 is 9.16 Å². The largest absolute Gasteiger partial charge is 0.414 e. The van der Waals surface area contributed by atoms with Gasteiger partial charge in [0, 0.05) is 24.2 Å². The second kappa shape index (κ2) is 6.59. The predicted octanol–water partition coefficient (Wildman–Crippen LogP) is 1.48. The highest BCUT2D eigenvalue weighted by molar-refractivity contribution is 6.74. The normalized spacial score (nSPS) is 25.2. The molecule has 1 aliphatic heterocycles. The lowest BCUT2D eigenvalue weighted by atomic mass is 10.1. The zero-order valence-corrected chi connectivity index (χ0v) is 16.4. The fourth-order valence-corrected chi connectivity index (χ4v) is 3.41. The van der Waals surface area contributed by atoms with E-state index in [2.05, 4.69) is 38.8 Å². The van der Waals surface area contributed by atoms with Crippen LogP contribution in [0.15, 0.2) is 15.8 Å². The third kappa shape index (κ3) is 3.88. The molecule has 2 heterocycles. The van der Waals surface area contributed by atoms with Gasteiger partial charge in [0.15, 0.2) is 8.32 Å². The van der Waals surface area contributed by atoms with Crippen LogP contribution in [0.2, 0.25) is 18.1 Å². The first-order valence-corrected chi connectivity index (χ1v) is 11.2. The number of nitrogens with zero attached hydrogens (tertiary/aromatic N) is 1. The smallest absolute Gasteiger partial charge is 0.330 e. The minimum atomic E-state index is -1.88. The van der Waals surface area contributed by atoms with Crippen LogP contribution >= 0.6 is 0 Å². The zero-order chi connectivity index (χ0) is 18.3. The Morgan fingerprint density at radius 1 is 1.42 bits per heavy atom. The van der Waals surface area contributed by atoms with Crippen molar-refractivity contribution in [3.63, 3.8) is 0 Å². The van der Waals surface area contributed by atoms with E-state index in [0.717, 1.165) is 0 Å². The van der Waals surface area contributed by atoms with Gasteiger partial charge in [0.2, 0.25) is 0 Å². The fourth-order valence-electron chi connectivity index (χ4n) is 2.39. The lowest BCUT2D eigenvalue weighted by Crippen LogP contribution is -2.45. The SMILES string of the molecule is Cc1cn([C@H]2C[C@@H](N)[C@@H](CO[Si](C)(C)C(C)(C)C)O2)c(=O)[nH]c1=O. The molecular formula is C16H29N3O4Si. The number of hydrogen-bond acceptors (Lipinski definition) is 5. The van der Waals surface area contributed by atoms with Gasteiger partial charge in [-0.25, -0.2) is 4.79 Å². The van der Waals surface area contributed by atoms with Gasteiger partial charge in [-0.1, -0.05) is 20.8 Å². The molecular weight excluding hydrogens is 326 g/mol. The lowest BCUT2D eigenvalue weighted by molar-refractivity contribution is -0.0247. The topological polar surface area (TPSA) is 99.3 Å². The molecule has 24 heavy (non-hydrogen) atoms. The number of aromatic amines is 1. The minimum Gasteiger partial charge on any atom is -0.414 e. The Kier molecular flexibility index (Phi) is 5.24. The Bertz CT molecular complexity index is 704. The van der Waals surface area contributed by atoms with E-state index in [-0.39, 0.29) is 22.7 Å². The quantitative estimate of drug-likeness (QED) is 0.797. The second-order valence-corrected chi connectivity index (χ2v) is 12.9. The highest BCUT2D eigenvalue weighted by Crippen LogP contribution is 2.37. The third-order valence-electron chi connectivity index (χ3n) is 5.15. The second-order valence-electron chi connectivity index (χ2n) is 8.08. The number of hydrogen-bond donors (Lipinski definition) is 2. The Balaban J connectivity index is 2.09. The highest BCUT2D eigenvalue weighted by atomic mass is 28.4. The number of ether oxygens (including phenoxy) is 1. The summed E-state index contributed by atoms with van der Waals surface area (Å²) in [5, 5.41) is 0.113. The first kappa shape index (κ1) is 19.1. The summed E-state index contributed by atoms with van der Waals surface area (Å²) in [6.45, 7) is 13.0. The number of rotatable bonds is 4. The van der Waals surface area contributed by atoms with Gasteiger partial charge in [-0.2, -0.15) is 0 Å². The molecule has 8 heteroatoms. The van der Waals surface area contributed by atoms with Crippen molar-refractivity contribution in [3.05, 3.63) is 32.6 Å². The summed E-state index contributed by atoms with van der Waals surface area (Å²) in [5.41, 5.74) is 5.80. The van der Waals surface area contributed by atoms with Crippen molar-refractivity contribution in [3.8, 4) is 0 Å². The van der Waals surface area contributed by atoms with Crippen LogP contribution < -0.4 is 17.0 Å². The molecule has 1 aliphatic rings. The monoisotopic (exact) mass is 355 g/mol. The van der Waals surface area contributed by atoms with Crippen molar-refractivity contribution in [1.29, 1.82) is 0 Å². The molecule has 1 saturated heterocycles. The van der Waals surface area contributed by atoms with Gasteiger partial charge < -0.3 is 14.9 Å². The highest BCUT2D eigenvalue weighted by Gasteiger charge is 2.40. The van der Waals surface area contributed by atoms with Crippen molar-refractivity contribution in [2.75, 3.05) is 6.61 Å². The molecule has 2 rings (SSSR count). The summed E-state index contributed by atoms with van der Waals surface area (Å²) >= 11 is 0. The summed E-state index contributed by atoms with van der Waals surface area (Å²) < 4.78 is 13.6. The maximum atomic E-state index is 12.0. The van der Waals surface area contributed by atoms with E-state index in [1.807, 2.05) is 0 Å². The minimum absolute atomic E-state index is 0.113. The van der Waals surface area contributed by atoms with Crippen molar-refractivity contribution >= 4 is 8.32 Å². The molecule has 1 aromatic heterocycles. The van der Waals surface area contributed by atoms with Gasteiger partial charge in [-0.15, -0.1) is 0 Å². The van der Waals surface area contributed by atoms with Crippen molar-refractivity contribution in [2.24, 2.45) is 5.73 Å². The molecule has 0 bridgehead atoms. The zero-order valence-electron chi connectivity index (χ0n) is 15.4. The van der Waals surface area contributed by atoms with Crippen LogP contribution in [0.4, 0.5) is 0 Å². The molecule has 1 aromatic rings. The van der Waals surface area contributed by atoms with Crippen LogP contribution in [0.5, 0.6) is 0 Å². The van der Waals surface area contributed by atoms with Crippen LogP contribution in [0.25, 0.3) is 0 Å². The Morgan fingerprint density at radius 2 is 2.04 bits per heavy atom. The molecule has 3 N–H and O–H groups in total. The van der Waals surface area contributed by atoms with Gasteiger partial charge in [0.05, 0.1) is 12.7 Å². The average molecular weight is 356 g/mol. The first-order chi connectivity index (χ1) is 10.9. The van der Waals surface area contributed by atoms with Crippen LogP contribution in [-0.2, 0) is 9.16 Å². The molecule has 1 fully saturated rings. The molecule has 7 nitrogen and oxygen atoms in total. The summed E-state index contributed by atoms with van der Waals surface area (Å²) in [4.78, 5) is 25.8. The molecule has 0 spiro atoms. The van der Waals surface area contributed by atoms with Crippen LogP contribution in [0.1, 0.15) is 39.0 Å². The Hall–Kier alpha value is -1.22. The molecule has 3 atom stereocenters. The van der Waals surface area contributed by atoms with Gasteiger partial charge in [0.1, 0.15) is 6.23 Å². The number of nitrogens with two attached hydrogens (primary N) is 1. The van der Waals surface area contributed by atoms with E-state index in [1.54, 1.807) is 6.92 Å². The van der Waals surface area contributed by atoms with Gasteiger partial charge >= 0.3 is 5.69 Å². The van der Waals surface area contributed by atoms with E-state index < -0.39 is 20.2 Å². The predicted molar refractivity (Wildman–Crippen MR) is 95.7 cm³/mol. The maximum absolute atomic E-state index is 12.0. The summed E-state index contributed by atoms with van der Waals surface area (Å²) in [6.07, 6.45) is 1.30. The number of aryl methyl sites for hydroxylation is 1. The van der Waals surface area contributed by atoms with E-state index >= 15 is 0 Å². The molecule has 0 aliphatic carbocycles. The Labute approximate surface area is 143 Å². The number of nitrogens with one attached hydrogen (secondary N) is 1.